The smallest absolute Gasteiger partial charge is 0.0656 e. The Morgan fingerprint density at radius 1 is 1.43 bits per heavy atom. The van der Waals surface area contributed by atoms with Gasteiger partial charge in [-0.15, -0.1) is 12.4 Å². The van der Waals surface area contributed by atoms with Crippen molar-refractivity contribution in [2.75, 3.05) is 20.7 Å². The lowest BCUT2D eigenvalue weighted by Crippen LogP contribution is -2.11. The summed E-state index contributed by atoms with van der Waals surface area (Å²) in [7, 11) is 3.73. The molecule has 0 aromatic rings. The van der Waals surface area contributed by atoms with E-state index in [-0.39, 0.29) is 12.4 Å². The molecule has 0 N–H and O–H groups in total. The van der Waals surface area contributed by atoms with Gasteiger partial charge in [0.1, 0.15) is 0 Å². The fraction of sp³-hybridized carbons (Fsp3) is 1.00. The van der Waals surface area contributed by atoms with Crippen molar-refractivity contribution in [1.29, 1.82) is 0 Å². The Balaban J connectivity index is 0. The molecule has 0 amide bonds. The van der Waals surface area contributed by atoms with Gasteiger partial charge in [-0.25, -0.2) is 0 Å². The third-order valence-corrected chi connectivity index (χ3v) is 0.387. The first kappa shape index (κ1) is 10.2. The summed E-state index contributed by atoms with van der Waals surface area (Å²) in [6.07, 6.45) is 0. The molecular weight excluding hydrogens is 114 g/mol. The maximum absolute atomic E-state index is 4.88. The quantitative estimate of drug-likeness (QED) is 0.509. The zero-order valence-corrected chi connectivity index (χ0v) is 5.79. The molecule has 0 aliphatic heterocycles. The van der Waals surface area contributed by atoms with Crippen LogP contribution < -0.4 is 0 Å². The van der Waals surface area contributed by atoms with Crippen LogP contribution in [0.2, 0.25) is 0 Å². The third kappa shape index (κ3) is 10.7. The number of rotatable bonds is 2. The van der Waals surface area contributed by atoms with Crippen LogP contribution in [0.15, 0.2) is 0 Å². The normalized spacial score (nSPS) is 8.57. The summed E-state index contributed by atoms with van der Waals surface area (Å²) in [6.45, 7) is 2.72. The molecule has 0 radical (unpaired) electrons. The van der Waals surface area contributed by atoms with E-state index in [4.69, 9.17) is 4.84 Å². The molecule has 0 saturated carbocycles. The predicted octanol–water partition coefficient (Wildman–Crippen LogP) is 0.921. The van der Waals surface area contributed by atoms with Gasteiger partial charge in [0, 0.05) is 14.1 Å². The fourth-order valence-corrected chi connectivity index (χ4v) is 0.258. The number of hydroxylamine groups is 2. The lowest BCUT2D eigenvalue weighted by Gasteiger charge is -2.05. The molecule has 3 heteroatoms. The third-order valence-electron chi connectivity index (χ3n) is 0.387. The van der Waals surface area contributed by atoms with E-state index in [0.717, 1.165) is 6.61 Å². The Hall–Kier alpha value is 0.210. The molecule has 7 heavy (non-hydrogen) atoms. The van der Waals surface area contributed by atoms with Gasteiger partial charge in [0.25, 0.3) is 0 Å². The second kappa shape index (κ2) is 6.21. The van der Waals surface area contributed by atoms with Crippen molar-refractivity contribution in [2.45, 2.75) is 6.92 Å². The number of hydrogen-bond donors (Lipinski definition) is 0. The van der Waals surface area contributed by atoms with Crippen molar-refractivity contribution < 1.29 is 4.84 Å². The summed E-state index contributed by atoms with van der Waals surface area (Å²) in [5.74, 6) is 0. The van der Waals surface area contributed by atoms with Crippen molar-refractivity contribution in [3.8, 4) is 0 Å². The Labute approximate surface area is 50.8 Å². The monoisotopic (exact) mass is 125 g/mol. The van der Waals surface area contributed by atoms with E-state index in [2.05, 4.69) is 0 Å². The van der Waals surface area contributed by atoms with Crippen molar-refractivity contribution in [3.63, 3.8) is 0 Å². The van der Waals surface area contributed by atoms with E-state index in [1.807, 2.05) is 21.0 Å². The summed E-state index contributed by atoms with van der Waals surface area (Å²) >= 11 is 0. The van der Waals surface area contributed by atoms with Gasteiger partial charge >= 0.3 is 0 Å². The van der Waals surface area contributed by atoms with Crippen LogP contribution in [-0.2, 0) is 4.84 Å². The Bertz CT molecular complexity index is 32.9. The average molecular weight is 126 g/mol. The van der Waals surface area contributed by atoms with Gasteiger partial charge in [0.15, 0.2) is 0 Å². The Kier molecular flexibility index (Phi) is 9.09. The van der Waals surface area contributed by atoms with Gasteiger partial charge in [0.05, 0.1) is 6.61 Å². The van der Waals surface area contributed by atoms with E-state index in [9.17, 15) is 0 Å². The molecule has 46 valence electrons. The van der Waals surface area contributed by atoms with Crippen LogP contribution in [-0.4, -0.2) is 25.8 Å². The minimum absolute atomic E-state index is 0. The van der Waals surface area contributed by atoms with E-state index < -0.39 is 0 Å². The molecule has 0 aliphatic carbocycles. The van der Waals surface area contributed by atoms with Crippen LogP contribution in [0.25, 0.3) is 0 Å². The van der Waals surface area contributed by atoms with E-state index in [1.54, 1.807) is 5.06 Å². The topological polar surface area (TPSA) is 12.5 Å². The number of halogens is 1. The SMILES string of the molecule is CCON(C)C.Cl. The predicted molar refractivity (Wildman–Crippen MR) is 32.6 cm³/mol. The molecule has 0 aromatic heterocycles. The molecule has 0 unspecified atom stereocenters. The van der Waals surface area contributed by atoms with Crippen LogP contribution in [0.3, 0.4) is 0 Å². The Morgan fingerprint density at radius 3 is 1.86 bits per heavy atom. The van der Waals surface area contributed by atoms with Crippen molar-refractivity contribution >= 4 is 12.4 Å². The highest BCUT2D eigenvalue weighted by Gasteiger charge is 1.77. The molecule has 0 rings (SSSR count). The molecule has 0 aliphatic rings. The van der Waals surface area contributed by atoms with Gasteiger partial charge in [-0.1, -0.05) is 0 Å². The maximum atomic E-state index is 4.88. The van der Waals surface area contributed by atoms with Crippen LogP contribution in [0, 0.1) is 0 Å². The molecule has 2 nitrogen and oxygen atoms in total. The zero-order chi connectivity index (χ0) is 4.99. The minimum Gasteiger partial charge on any atom is -0.300 e. The minimum atomic E-state index is 0. The summed E-state index contributed by atoms with van der Waals surface area (Å²) < 4.78 is 0. The van der Waals surface area contributed by atoms with E-state index in [1.165, 1.54) is 0 Å². The van der Waals surface area contributed by atoms with Crippen LogP contribution in [0.4, 0.5) is 0 Å². The summed E-state index contributed by atoms with van der Waals surface area (Å²) in [4.78, 5) is 4.88. The van der Waals surface area contributed by atoms with Gasteiger partial charge in [-0.05, 0) is 6.92 Å². The molecule has 0 aromatic carbocycles. The van der Waals surface area contributed by atoms with Crippen molar-refractivity contribution in [3.05, 3.63) is 0 Å². The van der Waals surface area contributed by atoms with Crippen LogP contribution in [0.1, 0.15) is 6.92 Å². The van der Waals surface area contributed by atoms with Crippen molar-refractivity contribution in [1.82, 2.24) is 5.06 Å². The van der Waals surface area contributed by atoms with Gasteiger partial charge in [-0.2, -0.15) is 5.06 Å². The molecule has 0 bridgehead atoms. The molecular formula is C4H12ClNO. The lowest BCUT2D eigenvalue weighted by atomic mass is 10.9. The molecule has 0 saturated heterocycles. The first-order valence-corrected chi connectivity index (χ1v) is 2.07. The van der Waals surface area contributed by atoms with Crippen LogP contribution in [0.5, 0.6) is 0 Å². The first-order valence-electron chi connectivity index (χ1n) is 2.07. The van der Waals surface area contributed by atoms with E-state index >= 15 is 0 Å². The summed E-state index contributed by atoms with van der Waals surface area (Å²) in [5.41, 5.74) is 0. The zero-order valence-electron chi connectivity index (χ0n) is 4.97. The van der Waals surface area contributed by atoms with Gasteiger partial charge < -0.3 is 0 Å². The highest BCUT2D eigenvalue weighted by molar-refractivity contribution is 5.85. The molecule has 0 spiro atoms. The van der Waals surface area contributed by atoms with Crippen LogP contribution >= 0.6 is 12.4 Å². The molecule has 0 fully saturated rings. The summed E-state index contributed by atoms with van der Waals surface area (Å²) in [5, 5.41) is 1.68. The summed E-state index contributed by atoms with van der Waals surface area (Å²) in [6, 6.07) is 0. The standard InChI is InChI=1S/C4H11NO.ClH/c1-4-6-5(2)3;/h4H2,1-3H3;1H. The number of nitrogens with zero attached hydrogens (tertiary/aromatic N) is 1. The van der Waals surface area contributed by atoms with E-state index in [0.29, 0.717) is 0 Å². The average Bonchev–Trinajstić information content (AvgIpc) is 1.35. The maximum Gasteiger partial charge on any atom is 0.0656 e. The molecule has 0 heterocycles. The second-order valence-electron chi connectivity index (χ2n) is 1.23. The fourth-order valence-electron chi connectivity index (χ4n) is 0.258. The Morgan fingerprint density at radius 2 is 1.86 bits per heavy atom. The van der Waals surface area contributed by atoms with Gasteiger partial charge in [0.2, 0.25) is 0 Å². The lowest BCUT2D eigenvalue weighted by molar-refractivity contribution is -0.113. The highest BCUT2D eigenvalue weighted by Crippen LogP contribution is 1.72. The van der Waals surface area contributed by atoms with Crippen molar-refractivity contribution in [2.24, 2.45) is 0 Å². The second-order valence-corrected chi connectivity index (χ2v) is 1.23. The number of hydrogen-bond acceptors (Lipinski definition) is 2. The highest BCUT2D eigenvalue weighted by atomic mass is 35.5. The van der Waals surface area contributed by atoms with Gasteiger partial charge in [-0.3, -0.25) is 4.84 Å². The largest absolute Gasteiger partial charge is 0.300 e. The molecule has 0 atom stereocenters. The first-order chi connectivity index (χ1) is 2.77.